The molecule has 7 nitrogen and oxygen atoms in total. The zero-order valence-corrected chi connectivity index (χ0v) is 14.9. The first-order valence-electron chi connectivity index (χ1n) is 8.24. The van der Waals surface area contributed by atoms with Crippen molar-refractivity contribution in [1.29, 1.82) is 0 Å². The Bertz CT molecular complexity index is 513. The number of carbonyl (C=O) groups excluding carboxylic acids is 2. The van der Waals surface area contributed by atoms with Crippen molar-refractivity contribution in [2.24, 2.45) is 5.73 Å². The van der Waals surface area contributed by atoms with Gasteiger partial charge in [-0.15, -0.1) is 0 Å². The molecule has 1 aliphatic carbocycles. The lowest BCUT2D eigenvalue weighted by Gasteiger charge is -2.37. The van der Waals surface area contributed by atoms with Gasteiger partial charge in [0.25, 0.3) is 0 Å². The molecule has 1 saturated carbocycles. The van der Waals surface area contributed by atoms with Crippen molar-refractivity contribution in [1.82, 2.24) is 10.6 Å². The molecule has 23 heavy (non-hydrogen) atoms. The van der Waals surface area contributed by atoms with E-state index in [4.69, 9.17) is 5.73 Å². The van der Waals surface area contributed by atoms with Gasteiger partial charge in [-0.2, -0.15) is 0 Å². The molecule has 0 unspecified atom stereocenters. The van der Waals surface area contributed by atoms with E-state index in [1.807, 2.05) is 6.92 Å². The number of carbonyl (C=O) groups is 2. The summed E-state index contributed by atoms with van der Waals surface area (Å²) in [6.07, 6.45) is 5.95. The zero-order valence-electron chi connectivity index (χ0n) is 14.1. The van der Waals surface area contributed by atoms with Crippen molar-refractivity contribution in [3.63, 3.8) is 0 Å². The Kier molecular flexibility index (Phi) is 7.47. The molecule has 0 heterocycles. The number of hydrogen-bond acceptors (Lipinski definition) is 5. The SMILES string of the molecule is CCCNC(=O)C1(NC(=O)[C@@H](N)CCS(C)(=O)=O)CCCCC1. The Morgan fingerprint density at radius 2 is 1.83 bits per heavy atom. The van der Waals surface area contributed by atoms with Gasteiger partial charge in [-0.05, 0) is 25.7 Å². The third-order valence-corrected chi connectivity index (χ3v) is 5.15. The van der Waals surface area contributed by atoms with Crippen LogP contribution in [-0.2, 0) is 19.4 Å². The Morgan fingerprint density at radius 3 is 2.35 bits per heavy atom. The number of amides is 2. The van der Waals surface area contributed by atoms with Gasteiger partial charge in [-0.1, -0.05) is 26.2 Å². The van der Waals surface area contributed by atoms with Gasteiger partial charge in [-0.25, -0.2) is 8.42 Å². The molecule has 0 aromatic carbocycles. The van der Waals surface area contributed by atoms with E-state index in [0.717, 1.165) is 31.9 Å². The molecule has 4 N–H and O–H groups in total. The van der Waals surface area contributed by atoms with Crippen LogP contribution >= 0.6 is 0 Å². The summed E-state index contributed by atoms with van der Waals surface area (Å²) < 4.78 is 22.4. The molecule has 0 saturated heterocycles. The summed E-state index contributed by atoms with van der Waals surface area (Å²) in [6, 6.07) is -0.928. The van der Waals surface area contributed by atoms with Crippen molar-refractivity contribution >= 4 is 21.7 Å². The summed E-state index contributed by atoms with van der Waals surface area (Å²) in [5, 5.41) is 5.66. The Hall–Kier alpha value is -1.15. The third-order valence-electron chi connectivity index (χ3n) is 4.18. The average molecular weight is 347 g/mol. The van der Waals surface area contributed by atoms with Crippen LogP contribution < -0.4 is 16.4 Å². The van der Waals surface area contributed by atoms with E-state index in [-0.39, 0.29) is 18.1 Å². The van der Waals surface area contributed by atoms with Gasteiger partial charge in [-0.3, -0.25) is 9.59 Å². The van der Waals surface area contributed by atoms with E-state index in [2.05, 4.69) is 10.6 Å². The van der Waals surface area contributed by atoms with Crippen LogP contribution in [0.5, 0.6) is 0 Å². The van der Waals surface area contributed by atoms with Crippen LogP contribution in [0.3, 0.4) is 0 Å². The second-order valence-corrected chi connectivity index (χ2v) is 8.67. The predicted octanol–water partition coefficient (Wildman–Crippen LogP) is 0.0937. The van der Waals surface area contributed by atoms with Gasteiger partial charge in [0.2, 0.25) is 11.8 Å². The Balaban J connectivity index is 2.72. The van der Waals surface area contributed by atoms with Crippen LogP contribution in [0.15, 0.2) is 0 Å². The number of sulfone groups is 1. The van der Waals surface area contributed by atoms with Crippen LogP contribution in [0.1, 0.15) is 51.9 Å². The summed E-state index contributed by atoms with van der Waals surface area (Å²) in [7, 11) is -3.17. The maximum atomic E-state index is 12.5. The molecular weight excluding hydrogens is 318 g/mol. The van der Waals surface area contributed by atoms with Crippen molar-refractivity contribution in [2.45, 2.75) is 63.5 Å². The molecule has 1 rings (SSSR count). The van der Waals surface area contributed by atoms with E-state index in [1.54, 1.807) is 0 Å². The fourth-order valence-corrected chi connectivity index (χ4v) is 3.45. The van der Waals surface area contributed by atoms with Crippen molar-refractivity contribution in [3.8, 4) is 0 Å². The summed E-state index contributed by atoms with van der Waals surface area (Å²) >= 11 is 0. The van der Waals surface area contributed by atoms with Crippen LogP contribution in [0.4, 0.5) is 0 Å². The lowest BCUT2D eigenvalue weighted by atomic mass is 9.80. The van der Waals surface area contributed by atoms with Gasteiger partial charge in [0, 0.05) is 12.8 Å². The molecule has 2 amide bonds. The zero-order chi connectivity index (χ0) is 17.5. The second kappa shape index (κ2) is 8.63. The first-order valence-corrected chi connectivity index (χ1v) is 10.3. The van der Waals surface area contributed by atoms with E-state index in [9.17, 15) is 18.0 Å². The number of hydrogen-bond donors (Lipinski definition) is 3. The predicted molar refractivity (Wildman–Crippen MR) is 89.6 cm³/mol. The first kappa shape index (κ1) is 19.9. The van der Waals surface area contributed by atoms with Crippen LogP contribution in [0, 0.1) is 0 Å². The highest BCUT2D eigenvalue weighted by Gasteiger charge is 2.41. The Morgan fingerprint density at radius 1 is 1.22 bits per heavy atom. The average Bonchev–Trinajstić information content (AvgIpc) is 2.50. The minimum atomic E-state index is -3.17. The lowest BCUT2D eigenvalue weighted by molar-refractivity contribution is -0.135. The van der Waals surface area contributed by atoms with Crippen molar-refractivity contribution in [2.75, 3.05) is 18.6 Å². The largest absolute Gasteiger partial charge is 0.354 e. The van der Waals surface area contributed by atoms with Crippen molar-refractivity contribution < 1.29 is 18.0 Å². The maximum absolute atomic E-state index is 12.5. The molecule has 0 spiro atoms. The van der Waals surface area contributed by atoms with Gasteiger partial charge in [0.1, 0.15) is 15.4 Å². The number of nitrogens with two attached hydrogens (primary N) is 1. The van der Waals surface area contributed by atoms with E-state index in [1.165, 1.54) is 0 Å². The summed E-state index contributed by atoms with van der Waals surface area (Å²) in [4.78, 5) is 24.8. The van der Waals surface area contributed by atoms with E-state index < -0.39 is 27.3 Å². The maximum Gasteiger partial charge on any atom is 0.245 e. The van der Waals surface area contributed by atoms with Gasteiger partial charge in [0.05, 0.1) is 11.8 Å². The molecule has 1 aliphatic rings. The quantitative estimate of drug-likeness (QED) is 0.575. The van der Waals surface area contributed by atoms with Crippen LogP contribution in [0.2, 0.25) is 0 Å². The molecule has 134 valence electrons. The second-order valence-electron chi connectivity index (χ2n) is 6.41. The number of nitrogens with one attached hydrogen (secondary N) is 2. The topological polar surface area (TPSA) is 118 Å². The minimum absolute atomic E-state index is 0.0529. The molecule has 0 aromatic heterocycles. The summed E-state index contributed by atoms with van der Waals surface area (Å²) in [6.45, 7) is 2.53. The normalized spacial score (nSPS) is 18.9. The fourth-order valence-electron chi connectivity index (χ4n) is 2.77. The van der Waals surface area contributed by atoms with E-state index in [0.29, 0.717) is 19.4 Å². The van der Waals surface area contributed by atoms with Gasteiger partial charge < -0.3 is 16.4 Å². The third kappa shape index (κ3) is 6.47. The molecule has 0 aliphatic heterocycles. The molecular formula is C15H29N3O4S. The molecule has 0 radical (unpaired) electrons. The minimum Gasteiger partial charge on any atom is -0.354 e. The molecule has 0 bridgehead atoms. The lowest BCUT2D eigenvalue weighted by Crippen LogP contribution is -2.62. The summed E-state index contributed by atoms with van der Waals surface area (Å²) in [5.41, 5.74) is 4.88. The Labute approximate surface area is 138 Å². The van der Waals surface area contributed by atoms with E-state index >= 15 is 0 Å². The molecule has 1 atom stereocenters. The molecule has 1 fully saturated rings. The van der Waals surface area contributed by atoms with Crippen LogP contribution in [-0.4, -0.2) is 50.4 Å². The van der Waals surface area contributed by atoms with Crippen LogP contribution in [0.25, 0.3) is 0 Å². The number of rotatable bonds is 8. The smallest absolute Gasteiger partial charge is 0.245 e. The standard InChI is InChI=1S/C15H29N3O4S/c1-3-10-17-14(20)15(8-5-4-6-9-15)18-13(19)12(16)7-11-23(2,21)22/h12H,3-11,16H2,1-2H3,(H,17,20)(H,18,19)/t12-/m0/s1. The summed E-state index contributed by atoms with van der Waals surface area (Å²) in [5.74, 6) is -0.763. The molecule has 0 aromatic rings. The molecule has 8 heteroatoms. The first-order chi connectivity index (χ1) is 10.7. The highest BCUT2D eigenvalue weighted by atomic mass is 32.2. The monoisotopic (exact) mass is 347 g/mol. The fraction of sp³-hybridized carbons (Fsp3) is 0.867. The van der Waals surface area contributed by atoms with Crippen molar-refractivity contribution in [3.05, 3.63) is 0 Å². The van der Waals surface area contributed by atoms with Gasteiger partial charge >= 0.3 is 0 Å². The highest BCUT2D eigenvalue weighted by molar-refractivity contribution is 7.90. The highest BCUT2D eigenvalue weighted by Crippen LogP contribution is 2.28. The van der Waals surface area contributed by atoms with Gasteiger partial charge in [0.15, 0.2) is 0 Å².